The molecular formula is C14H25N3O. The highest BCUT2D eigenvalue weighted by Crippen LogP contribution is 2.32. The smallest absolute Gasteiger partial charge is 0.242 e. The van der Waals surface area contributed by atoms with Crippen molar-refractivity contribution in [1.82, 2.24) is 9.80 Å². The highest BCUT2D eigenvalue weighted by Gasteiger charge is 2.44. The van der Waals surface area contributed by atoms with Crippen molar-refractivity contribution in [2.45, 2.75) is 56.5 Å². The summed E-state index contributed by atoms with van der Waals surface area (Å²) in [6.45, 7) is 4.28. The van der Waals surface area contributed by atoms with Crippen molar-refractivity contribution < 1.29 is 4.79 Å². The van der Waals surface area contributed by atoms with Gasteiger partial charge in [0.1, 0.15) is 0 Å². The molecule has 2 heterocycles. The lowest BCUT2D eigenvalue weighted by atomic mass is 9.76. The van der Waals surface area contributed by atoms with Crippen molar-refractivity contribution in [1.29, 1.82) is 0 Å². The monoisotopic (exact) mass is 251 g/mol. The Morgan fingerprint density at radius 3 is 2.39 bits per heavy atom. The summed E-state index contributed by atoms with van der Waals surface area (Å²) in [4.78, 5) is 17.0. The van der Waals surface area contributed by atoms with Crippen LogP contribution in [0.3, 0.4) is 0 Å². The maximum absolute atomic E-state index is 12.4. The van der Waals surface area contributed by atoms with Gasteiger partial charge in [-0.05, 0) is 51.6 Å². The third-order valence-corrected chi connectivity index (χ3v) is 5.03. The number of likely N-dealkylation sites (tertiary alicyclic amines) is 2. The first-order valence-electron chi connectivity index (χ1n) is 7.51. The van der Waals surface area contributed by atoms with E-state index < -0.39 is 5.54 Å². The third kappa shape index (κ3) is 2.16. The number of nitrogens with two attached hydrogens (primary N) is 1. The van der Waals surface area contributed by atoms with E-state index in [-0.39, 0.29) is 5.91 Å². The largest absolute Gasteiger partial charge is 0.339 e. The zero-order valence-electron chi connectivity index (χ0n) is 11.2. The van der Waals surface area contributed by atoms with Crippen LogP contribution in [-0.2, 0) is 4.79 Å². The molecule has 1 atom stereocenters. The summed E-state index contributed by atoms with van der Waals surface area (Å²) in [6, 6.07) is 0.595. The normalized spacial score (nSPS) is 32.3. The topological polar surface area (TPSA) is 49.6 Å². The SMILES string of the molecule is NC1(C(=O)N2CCC(N3CCCCC3)C2)CCC1. The second-order valence-electron chi connectivity index (χ2n) is 6.30. The first kappa shape index (κ1) is 12.4. The molecule has 2 aliphatic heterocycles. The molecule has 0 aromatic heterocycles. The fourth-order valence-corrected chi connectivity index (χ4v) is 3.59. The second-order valence-corrected chi connectivity index (χ2v) is 6.30. The van der Waals surface area contributed by atoms with Gasteiger partial charge < -0.3 is 10.6 Å². The van der Waals surface area contributed by atoms with Crippen molar-refractivity contribution in [3.8, 4) is 0 Å². The molecule has 2 saturated heterocycles. The van der Waals surface area contributed by atoms with Crippen LogP contribution in [0.1, 0.15) is 44.9 Å². The van der Waals surface area contributed by atoms with Crippen molar-refractivity contribution in [2.75, 3.05) is 26.2 Å². The van der Waals surface area contributed by atoms with Crippen LogP contribution in [0.25, 0.3) is 0 Å². The lowest BCUT2D eigenvalue weighted by molar-refractivity contribution is -0.139. The van der Waals surface area contributed by atoms with Gasteiger partial charge in [-0.25, -0.2) is 0 Å². The molecule has 0 aromatic rings. The van der Waals surface area contributed by atoms with Crippen molar-refractivity contribution in [3.05, 3.63) is 0 Å². The Hall–Kier alpha value is -0.610. The lowest BCUT2D eigenvalue weighted by Gasteiger charge is -2.39. The molecule has 4 heteroatoms. The number of carbonyl (C=O) groups is 1. The zero-order chi connectivity index (χ0) is 12.6. The molecule has 3 rings (SSSR count). The minimum atomic E-state index is -0.503. The van der Waals surface area contributed by atoms with E-state index in [0.717, 1.165) is 38.8 Å². The van der Waals surface area contributed by atoms with Crippen LogP contribution in [0.15, 0.2) is 0 Å². The van der Waals surface area contributed by atoms with Gasteiger partial charge in [0.25, 0.3) is 0 Å². The van der Waals surface area contributed by atoms with E-state index in [2.05, 4.69) is 4.90 Å². The molecule has 18 heavy (non-hydrogen) atoms. The average molecular weight is 251 g/mol. The number of rotatable bonds is 2. The number of hydrogen-bond donors (Lipinski definition) is 1. The van der Waals surface area contributed by atoms with Crippen LogP contribution >= 0.6 is 0 Å². The molecule has 4 nitrogen and oxygen atoms in total. The van der Waals surface area contributed by atoms with Gasteiger partial charge in [-0.1, -0.05) is 6.42 Å². The molecule has 3 aliphatic rings. The first-order chi connectivity index (χ1) is 8.69. The maximum atomic E-state index is 12.4. The summed E-state index contributed by atoms with van der Waals surface area (Å²) in [6.07, 6.45) is 8.05. The molecule has 3 fully saturated rings. The van der Waals surface area contributed by atoms with Crippen LogP contribution in [0.4, 0.5) is 0 Å². The minimum Gasteiger partial charge on any atom is -0.339 e. The molecule has 102 valence electrons. The Bertz CT molecular complexity index is 321. The molecule has 0 aromatic carbocycles. The molecule has 1 aliphatic carbocycles. The van der Waals surface area contributed by atoms with Crippen LogP contribution in [0, 0.1) is 0 Å². The van der Waals surface area contributed by atoms with Gasteiger partial charge in [-0.2, -0.15) is 0 Å². The quantitative estimate of drug-likeness (QED) is 0.795. The van der Waals surface area contributed by atoms with Gasteiger partial charge in [0, 0.05) is 19.1 Å². The van der Waals surface area contributed by atoms with Gasteiger partial charge in [-0.3, -0.25) is 9.69 Å². The van der Waals surface area contributed by atoms with Crippen LogP contribution in [0.5, 0.6) is 0 Å². The van der Waals surface area contributed by atoms with Gasteiger partial charge in [0.15, 0.2) is 0 Å². The molecule has 2 N–H and O–H groups in total. The Kier molecular flexibility index (Phi) is 3.32. The van der Waals surface area contributed by atoms with E-state index in [0.29, 0.717) is 6.04 Å². The highest BCUT2D eigenvalue weighted by atomic mass is 16.2. The molecule has 0 radical (unpaired) electrons. The van der Waals surface area contributed by atoms with Gasteiger partial charge >= 0.3 is 0 Å². The van der Waals surface area contributed by atoms with E-state index >= 15 is 0 Å². The van der Waals surface area contributed by atoms with Gasteiger partial charge in [-0.15, -0.1) is 0 Å². The fraction of sp³-hybridized carbons (Fsp3) is 0.929. The predicted octanol–water partition coefficient (Wildman–Crippen LogP) is 0.955. The Balaban J connectivity index is 1.56. The molecule has 1 unspecified atom stereocenters. The number of nitrogens with zero attached hydrogens (tertiary/aromatic N) is 2. The summed E-state index contributed by atoms with van der Waals surface area (Å²) >= 11 is 0. The molecule has 1 saturated carbocycles. The standard InChI is InChI=1S/C14H25N3O/c15-14(6-4-7-14)13(18)17-10-5-12(11-17)16-8-2-1-3-9-16/h12H,1-11,15H2. The molecule has 0 bridgehead atoms. The highest BCUT2D eigenvalue weighted by molar-refractivity contribution is 5.87. The van der Waals surface area contributed by atoms with E-state index in [1.54, 1.807) is 0 Å². The first-order valence-corrected chi connectivity index (χ1v) is 7.51. The summed E-state index contributed by atoms with van der Waals surface area (Å²) in [7, 11) is 0. The van der Waals surface area contributed by atoms with Gasteiger partial charge in [0.05, 0.1) is 5.54 Å². The van der Waals surface area contributed by atoms with Crippen LogP contribution < -0.4 is 5.73 Å². The zero-order valence-corrected chi connectivity index (χ0v) is 11.2. The number of carbonyl (C=O) groups excluding carboxylic acids is 1. The third-order valence-electron chi connectivity index (χ3n) is 5.03. The minimum absolute atomic E-state index is 0.216. The van der Waals surface area contributed by atoms with Crippen LogP contribution in [0.2, 0.25) is 0 Å². The average Bonchev–Trinajstić information content (AvgIpc) is 2.85. The Morgan fingerprint density at radius 2 is 1.78 bits per heavy atom. The van der Waals surface area contributed by atoms with Crippen molar-refractivity contribution >= 4 is 5.91 Å². The van der Waals surface area contributed by atoms with E-state index in [1.807, 2.05) is 4.90 Å². The number of piperidine rings is 1. The maximum Gasteiger partial charge on any atom is 0.242 e. The summed E-state index contributed by atoms with van der Waals surface area (Å²) in [5, 5.41) is 0. The summed E-state index contributed by atoms with van der Waals surface area (Å²) < 4.78 is 0. The summed E-state index contributed by atoms with van der Waals surface area (Å²) in [5.41, 5.74) is 5.64. The van der Waals surface area contributed by atoms with Gasteiger partial charge in [0.2, 0.25) is 5.91 Å². The number of amides is 1. The predicted molar refractivity (Wildman–Crippen MR) is 71.2 cm³/mol. The van der Waals surface area contributed by atoms with Crippen LogP contribution in [-0.4, -0.2) is 53.5 Å². The summed E-state index contributed by atoms with van der Waals surface area (Å²) in [5.74, 6) is 0.216. The van der Waals surface area contributed by atoms with Crippen molar-refractivity contribution in [2.24, 2.45) is 5.73 Å². The van der Waals surface area contributed by atoms with E-state index in [4.69, 9.17) is 5.73 Å². The Labute approximate surface area is 109 Å². The van der Waals surface area contributed by atoms with Crippen molar-refractivity contribution in [3.63, 3.8) is 0 Å². The molecular weight excluding hydrogens is 226 g/mol. The molecule has 0 spiro atoms. The number of hydrogen-bond acceptors (Lipinski definition) is 3. The van der Waals surface area contributed by atoms with E-state index in [1.165, 1.54) is 32.4 Å². The lowest BCUT2D eigenvalue weighted by Crippen LogP contribution is -2.59. The molecule has 1 amide bonds. The Morgan fingerprint density at radius 1 is 1.06 bits per heavy atom. The fourth-order valence-electron chi connectivity index (χ4n) is 3.59. The second kappa shape index (κ2) is 4.82. The van der Waals surface area contributed by atoms with E-state index in [9.17, 15) is 4.79 Å².